The molecule has 3 aromatic carbocycles. The SMILES string of the molecule is O=C(NCc1ccccc1)c1ccc2c(c1)C(=O)C(Cc1ccccc1)C(=O)N2. The van der Waals surface area contributed by atoms with Crippen LogP contribution in [0.4, 0.5) is 5.69 Å². The summed E-state index contributed by atoms with van der Waals surface area (Å²) in [7, 11) is 0. The molecule has 29 heavy (non-hydrogen) atoms. The minimum absolute atomic E-state index is 0.259. The van der Waals surface area contributed by atoms with Crippen LogP contribution in [-0.4, -0.2) is 17.6 Å². The van der Waals surface area contributed by atoms with E-state index in [1.807, 2.05) is 60.7 Å². The van der Waals surface area contributed by atoms with Crippen molar-refractivity contribution in [3.05, 3.63) is 101 Å². The molecule has 0 spiro atoms. The highest BCUT2D eigenvalue weighted by Gasteiger charge is 2.34. The fraction of sp³-hybridized carbons (Fsp3) is 0.125. The van der Waals surface area contributed by atoms with Gasteiger partial charge >= 0.3 is 0 Å². The van der Waals surface area contributed by atoms with Crippen molar-refractivity contribution in [3.63, 3.8) is 0 Å². The summed E-state index contributed by atoms with van der Waals surface area (Å²) in [4.78, 5) is 38.0. The number of rotatable bonds is 5. The lowest BCUT2D eigenvalue weighted by Crippen LogP contribution is -2.37. The second-order valence-corrected chi connectivity index (χ2v) is 7.02. The Kier molecular flexibility index (Phi) is 5.20. The number of carbonyl (C=O) groups excluding carboxylic acids is 3. The standard InChI is InChI=1S/C24H20N2O3/c27-22-19-14-18(23(28)25-15-17-9-5-2-6-10-17)11-12-21(19)26-24(29)20(22)13-16-7-3-1-4-8-16/h1-12,14,20H,13,15H2,(H,25,28)(H,26,29). The van der Waals surface area contributed by atoms with Crippen LogP contribution < -0.4 is 10.6 Å². The average molecular weight is 384 g/mol. The first-order valence-electron chi connectivity index (χ1n) is 9.47. The molecule has 5 heteroatoms. The Balaban J connectivity index is 1.52. The number of benzene rings is 3. The Hall–Kier alpha value is -3.73. The van der Waals surface area contributed by atoms with E-state index in [4.69, 9.17) is 0 Å². The summed E-state index contributed by atoms with van der Waals surface area (Å²) in [5.41, 5.74) is 3.12. The molecule has 0 fully saturated rings. The topological polar surface area (TPSA) is 75.3 Å². The molecule has 2 amide bonds. The maximum Gasteiger partial charge on any atom is 0.251 e. The molecule has 3 aromatic rings. The molecule has 0 aliphatic carbocycles. The van der Waals surface area contributed by atoms with Gasteiger partial charge in [0, 0.05) is 17.7 Å². The van der Waals surface area contributed by atoms with E-state index in [0.717, 1.165) is 11.1 Å². The molecular formula is C24H20N2O3. The molecule has 5 nitrogen and oxygen atoms in total. The molecule has 4 rings (SSSR count). The van der Waals surface area contributed by atoms with E-state index < -0.39 is 5.92 Å². The van der Waals surface area contributed by atoms with Crippen molar-refractivity contribution >= 4 is 23.3 Å². The molecule has 1 unspecified atom stereocenters. The molecule has 0 saturated carbocycles. The van der Waals surface area contributed by atoms with Crippen molar-refractivity contribution < 1.29 is 14.4 Å². The van der Waals surface area contributed by atoms with Gasteiger partial charge in [0.15, 0.2) is 5.78 Å². The lowest BCUT2D eigenvalue weighted by Gasteiger charge is -2.24. The first kappa shape index (κ1) is 18.6. The number of fused-ring (bicyclic) bond motifs is 1. The number of hydrogen-bond donors (Lipinski definition) is 2. The van der Waals surface area contributed by atoms with Crippen molar-refractivity contribution in [2.45, 2.75) is 13.0 Å². The van der Waals surface area contributed by atoms with E-state index in [2.05, 4.69) is 10.6 Å². The fourth-order valence-corrected chi connectivity index (χ4v) is 3.44. The van der Waals surface area contributed by atoms with Crippen LogP contribution in [0, 0.1) is 5.92 Å². The van der Waals surface area contributed by atoms with E-state index in [9.17, 15) is 14.4 Å². The Morgan fingerprint density at radius 2 is 1.52 bits per heavy atom. The van der Waals surface area contributed by atoms with E-state index in [-0.39, 0.29) is 17.6 Å². The van der Waals surface area contributed by atoms with E-state index >= 15 is 0 Å². The van der Waals surface area contributed by atoms with Gasteiger partial charge in [-0.2, -0.15) is 0 Å². The van der Waals surface area contributed by atoms with Crippen LogP contribution in [0.1, 0.15) is 31.8 Å². The molecule has 2 N–H and O–H groups in total. The van der Waals surface area contributed by atoms with Crippen LogP contribution >= 0.6 is 0 Å². The van der Waals surface area contributed by atoms with Crippen LogP contribution in [0.5, 0.6) is 0 Å². The number of anilines is 1. The Bertz CT molecular complexity index is 1060. The van der Waals surface area contributed by atoms with Gasteiger partial charge in [-0.05, 0) is 35.7 Å². The van der Waals surface area contributed by atoms with Crippen LogP contribution in [0.3, 0.4) is 0 Å². The highest BCUT2D eigenvalue weighted by Crippen LogP contribution is 2.28. The summed E-state index contributed by atoms with van der Waals surface area (Å²) in [5, 5.41) is 5.65. The van der Waals surface area contributed by atoms with Crippen LogP contribution in [0.2, 0.25) is 0 Å². The second-order valence-electron chi connectivity index (χ2n) is 7.02. The number of amides is 2. The summed E-state index contributed by atoms with van der Waals surface area (Å²) in [5.74, 6) is -1.63. The maximum atomic E-state index is 13.0. The van der Waals surface area contributed by atoms with Crippen molar-refractivity contribution in [1.29, 1.82) is 0 Å². The zero-order valence-electron chi connectivity index (χ0n) is 15.7. The molecule has 144 valence electrons. The summed E-state index contributed by atoms with van der Waals surface area (Å²) in [6.07, 6.45) is 0.329. The molecule has 1 aliphatic heterocycles. The van der Waals surface area contributed by atoms with Crippen LogP contribution in [0.15, 0.2) is 78.9 Å². The molecular weight excluding hydrogens is 364 g/mol. The van der Waals surface area contributed by atoms with Gasteiger partial charge in [-0.15, -0.1) is 0 Å². The quantitative estimate of drug-likeness (QED) is 0.660. The number of carbonyl (C=O) groups is 3. The Labute approximate surface area is 168 Å². The summed E-state index contributed by atoms with van der Waals surface area (Å²) >= 11 is 0. The van der Waals surface area contributed by atoms with E-state index in [1.54, 1.807) is 18.2 Å². The summed E-state index contributed by atoms with van der Waals surface area (Å²) in [6.45, 7) is 0.401. The lowest BCUT2D eigenvalue weighted by molar-refractivity contribution is -0.118. The third kappa shape index (κ3) is 4.09. The predicted molar refractivity (Wildman–Crippen MR) is 111 cm³/mol. The van der Waals surface area contributed by atoms with Gasteiger partial charge < -0.3 is 10.6 Å². The van der Waals surface area contributed by atoms with Gasteiger partial charge in [-0.1, -0.05) is 60.7 Å². The van der Waals surface area contributed by atoms with E-state index in [0.29, 0.717) is 29.8 Å². The fourth-order valence-electron chi connectivity index (χ4n) is 3.44. The first-order chi connectivity index (χ1) is 14.1. The zero-order chi connectivity index (χ0) is 20.2. The average Bonchev–Trinajstić information content (AvgIpc) is 2.76. The van der Waals surface area contributed by atoms with Crippen molar-refractivity contribution in [2.24, 2.45) is 5.92 Å². The molecule has 1 heterocycles. The Morgan fingerprint density at radius 1 is 0.862 bits per heavy atom. The van der Waals surface area contributed by atoms with Gasteiger partial charge in [-0.25, -0.2) is 0 Å². The first-order valence-corrected chi connectivity index (χ1v) is 9.47. The van der Waals surface area contributed by atoms with Gasteiger partial charge in [0.2, 0.25) is 5.91 Å². The normalized spacial score (nSPS) is 15.4. The van der Waals surface area contributed by atoms with Gasteiger partial charge in [0.05, 0.1) is 5.69 Å². The molecule has 1 aliphatic rings. The number of nitrogens with one attached hydrogen (secondary N) is 2. The van der Waals surface area contributed by atoms with Gasteiger partial charge in [0.1, 0.15) is 5.92 Å². The third-order valence-corrected chi connectivity index (χ3v) is 5.02. The minimum atomic E-state index is -0.799. The van der Waals surface area contributed by atoms with Crippen molar-refractivity contribution in [2.75, 3.05) is 5.32 Å². The molecule has 0 bridgehead atoms. The largest absolute Gasteiger partial charge is 0.348 e. The number of Topliss-reactive ketones (excluding diaryl/α,β-unsaturated/α-hetero) is 1. The smallest absolute Gasteiger partial charge is 0.251 e. The zero-order valence-corrected chi connectivity index (χ0v) is 15.7. The Morgan fingerprint density at radius 3 is 2.21 bits per heavy atom. The highest BCUT2D eigenvalue weighted by molar-refractivity contribution is 6.21. The number of ketones is 1. The maximum absolute atomic E-state index is 13.0. The molecule has 0 saturated heterocycles. The molecule has 1 atom stereocenters. The van der Waals surface area contributed by atoms with Gasteiger partial charge in [0.25, 0.3) is 5.91 Å². The summed E-state index contributed by atoms with van der Waals surface area (Å²) < 4.78 is 0. The summed E-state index contributed by atoms with van der Waals surface area (Å²) in [6, 6.07) is 23.8. The third-order valence-electron chi connectivity index (χ3n) is 5.02. The second kappa shape index (κ2) is 8.10. The lowest BCUT2D eigenvalue weighted by atomic mass is 9.86. The van der Waals surface area contributed by atoms with Crippen LogP contribution in [0.25, 0.3) is 0 Å². The number of hydrogen-bond acceptors (Lipinski definition) is 3. The molecule has 0 radical (unpaired) electrons. The predicted octanol–water partition coefficient (Wildman–Crippen LogP) is 3.61. The highest BCUT2D eigenvalue weighted by atomic mass is 16.2. The van der Waals surface area contributed by atoms with Crippen molar-refractivity contribution in [1.82, 2.24) is 5.32 Å². The van der Waals surface area contributed by atoms with Crippen LogP contribution in [-0.2, 0) is 17.8 Å². The van der Waals surface area contributed by atoms with E-state index in [1.165, 1.54) is 0 Å². The molecule has 0 aromatic heterocycles. The monoisotopic (exact) mass is 384 g/mol. The van der Waals surface area contributed by atoms with Crippen molar-refractivity contribution in [3.8, 4) is 0 Å². The van der Waals surface area contributed by atoms with Gasteiger partial charge in [-0.3, -0.25) is 14.4 Å². The minimum Gasteiger partial charge on any atom is -0.348 e.